The number of nitrogens with zero attached hydrogens (tertiary/aromatic N) is 1. The van der Waals surface area contributed by atoms with Crippen LogP contribution in [0.4, 0.5) is 17.1 Å². The van der Waals surface area contributed by atoms with Gasteiger partial charge in [0.05, 0.1) is 0 Å². The number of fused-ring (bicyclic) bond motifs is 3. The van der Waals surface area contributed by atoms with Gasteiger partial charge in [0.1, 0.15) is 0 Å². The SMILES string of the molecule is Cc1ccc(-c2cc(C3CCCCC3)cc(C3CCCCC3)c2)cc1-c1cccc(N(c2ccc(-c3cccc(C4CCCCC4)c3)cc2)c2ccc3c(c2)C(C)(C)c2ccccc2-3)c1. The molecule has 0 bridgehead atoms. The van der Waals surface area contributed by atoms with Gasteiger partial charge in [-0.15, -0.1) is 0 Å². The maximum Gasteiger partial charge on any atom is 0.0467 e. The number of benzene rings is 7. The molecule has 7 aromatic carbocycles. The first-order valence-electron chi connectivity index (χ1n) is 25.5. The Morgan fingerprint density at radius 1 is 0.354 bits per heavy atom. The van der Waals surface area contributed by atoms with E-state index in [4.69, 9.17) is 0 Å². The van der Waals surface area contributed by atoms with Crippen LogP contribution in [0.5, 0.6) is 0 Å². The second-order valence-electron chi connectivity index (χ2n) is 20.9. The molecular weight excluding hydrogens is 783 g/mol. The Hall–Kier alpha value is -5.66. The fraction of sp³-hybridized carbons (Fsp3) is 0.344. The van der Waals surface area contributed by atoms with E-state index in [-0.39, 0.29) is 5.41 Å². The monoisotopic (exact) mass is 850 g/mol. The second-order valence-corrected chi connectivity index (χ2v) is 20.9. The minimum atomic E-state index is -0.0919. The third-order valence-corrected chi connectivity index (χ3v) is 16.4. The number of hydrogen-bond acceptors (Lipinski definition) is 1. The van der Waals surface area contributed by atoms with Crippen molar-refractivity contribution in [2.24, 2.45) is 0 Å². The first-order valence-corrected chi connectivity index (χ1v) is 25.5. The normalized spacial score (nSPS) is 17.7. The topological polar surface area (TPSA) is 3.24 Å². The van der Waals surface area contributed by atoms with Crippen molar-refractivity contribution in [1.29, 1.82) is 0 Å². The van der Waals surface area contributed by atoms with Crippen molar-refractivity contribution >= 4 is 17.1 Å². The van der Waals surface area contributed by atoms with E-state index in [2.05, 4.69) is 177 Å². The highest BCUT2D eigenvalue weighted by Gasteiger charge is 2.36. The van der Waals surface area contributed by atoms with Crippen LogP contribution in [-0.4, -0.2) is 0 Å². The smallest absolute Gasteiger partial charge is 0.0467 e. The standard InChI is InChI=1S/C64H67N/c1-44-29-30-51(55-39-53(46-19-9-5-10-20-46)38-54(40-55)47-21-11-6-12-22-47)42-61(44)52-25-16-26-57(41-52)65(58-35-36-60-59-27-13-14-28-62(59)64(2,3)63(60)43-58)56-33-31-48(32-34-56)50-24-15-23-49(37-50)45-17-7-4-8-18-45/h13-16,23-43,45-47H,4-12,17-22H2,1-3H3. The lowest BCUT2D eigenvalue weighted by Gasteiger charge is -2.29. The van der Waals surface area contributed by atoms with E-state index in [1.165, 1.54) is 180 Å². The van der Waals surface area contributed by atoms with Crippen LogP contribution in [0, 0.1) is 6.92 Å². The molecule has 3 fully saturated rings. The summed E-state index contributed by atoms with van der Waals surface area (Å²) in [5, 5.41) is 0. The van der Waals surface area contributed by atoms with E-state index < -0.39 is 0 Å². The Kier molecular flexibility index (Phi) is 11.6. The van der Waals surface area contributed by atoms with Crippen molar-refractivity contribution in [2.75, 3.05) is 4.90 Å². The van der Waals surface area contributed by atoms with Gasteiger partial charge in [-0.2, -0.15) is 0 Å². The fourth-order valence-electron chi connectivity index (χ4n) is 12.6. The summed E-state index contributed by atoms with van der Waals surface area (Å²) in [7, 11) is 0. The largest absolute Gasteiger partial charge is 0.310 e. The molecule has 65 heavy (non-hydrogen) atoms. The summed E-state index contributed by atoms with van der Waals surface area (Å²) in [6, 6.07) is 59.3. The summed E-state index contributed by atoms with van der Waals surface area (Å²) in [4.78, 5) is 2.49. The van der Waals surface area contributed by atoms with Crippen LogP contribution >= 0.6 is 0 Å². The van der Waals surface area contributed by atoms with Crippen LogP contribution in [0.25, 0.3) is 44.5 Å². The molecule has 1 heteroatoms. The molecule has 0 unspecified atom stereocenters. The highest BCUT2D eigenvalue weighted by Crippen LogP contribution is 2.51. The lowest BCUT2D eigenvalue weighted by atomic mass is 9.78. The first kappa shape index (κ1) is 42.0. The van der Waals surface area contributed by atoms with Crippen LogP contribution in [0.2, 0.25) is 0 Å². The van der Waals surface area contributed by atoms with Gasteiger partial charge in [-0.1, -0.05) is 181 Å². The average molecular weight is 850 g/mol. The molecule has 0 amide bonds. The van der Waals surface area contributed by atoms with E-state index in [0.717, 1.165) is 0 Å². The molecule has 11 rings (SSSR count). The summed E-state index contributed by atoms with van der Waals surface area (Å²) < 4.78 is 0. The van der Waals surface area contributed by atoms with E-state index >= 15 is 0 Å². The lowest BCUT2D eigenvalue weighted by Crippen LogP contribution is -2.16. The Balaban J connectivity index is 0.986. The van der Waals surface area contributed by atoms with Gasteiger partial charge in [-0.3, -0.25) is 0 Å². The van der Waals surface area contributed by atoms with Crippen LogP contribution in [0.3, 0.4) is 0 Å². The predicted octanol–water partition coefficient (Wildman–Crippen LogP) is 18.9. The zero-order valence-corrected chi connectivity index (χ0v) is 39.2. The van der Waals surface area contributed by atoms with Crippen molar-refractivity contribution in [3.8, 4) is 44.5 Å². The molecule has 4 aliphatic carbocycles. The van der Waals surface area contributed by atoms with Crippen molar-refractivity contribution < 1.29 is 0 Å². The first-order chi connectivity index (χ1) is 31.9. The molecule has 0 atom stereocenters. The minimum Gasteiger partial charge on any atom is -0.310 e. The molecule has 4 aliphatic rings. The maximum absolute atomic E-state index is 2.63. The molecule has 328 valence electrons. The maximum atomic E-state index is 2.63. The zero-order valence-electron chi connectivity index (χ0n) is 39.2. The molecule has 1 nitrogen and oxygen atoms in total. The van der Waals surface area contributed by atoms with Gasteiger partial charge in [0.25, 0.3) is 0 Å². The van der Waals surface area contributed by atoms with Crippen molar-refractivity contribution in [2.45, 2.75) is 140 Å². The summed E-state index contributed by atoms with van der Waals surface area (Å²) in [5.74, 6) is 2.08. The number of hydrogen-bond donors (Lipinski definition) is 0. The van der Waals surface area contributed by atoms with Gasteiger partial charge in [-0.25, -0.2) is 0 Å². The molecule has 0 heterocycles. The fourth-order valence-corrected chi connectivity index (χ4v) is 12.6. The van der Waals surface area contributed by atoms with Crippen LogP contribution in [-0.2, 0) is 5.41 Å². The molecule has 0 aliphatic heterocycles. The van der Waals surface area contributed by atoms with E-state index in [1.54, 1.807) is 11.1 Å². The molecule has 3 saturated carbocycles. The predicted molar refractivity (Wildman–Crippen MR) is 277 cm³/mol. The van der Waals surface area contributed by atoms with Crippen LogP contribution in [0.1, 0.15) is 161 Å². The third kappa shape index (κ3) is 8.30. The molecule has 0 saturated heterocycles. The Morgan fingerprint density at radius 3 is 1.58 bits per heavy atom. The Bertz CT molecular complexity index is 2770. The number of aryl methyl sites for hydroxylation is 1. The van der Waals surface area contributed by atoms with Gasteiger partial charge in [0, 0.05) is 22.5 Å². The van der Waals surface area contributed by atoms with Crippen molar-refractivity contribution in [1.82, 2.24) is 0 Å². The van der Waals surface area contributed by atoms with Crippen molar-refractivity contribution in [3.05, 3.63) is 185 Å². The molecule has 0 aromatic heterocycles. The molecule has 7 aromatic rings. The summed E-state index contributed by atoms with van der Waals surface area (Å²) >= 11 is 0. The summed E-state index contributed by atoms with van der Waals surface area (Å²) in [5.41, 5.74) is 22.8. The minimum absolute atomic E-state index is 0.0919. The average Bonchev–Trinajstić information content (AvgIpc) is 3.60. The quantitative estimate of drug-likeness (QED) is 0.140. The van der Waals surface area contributed by atoms with Gasteiger partial charge >= 0.3 is 0 Å². The molecule has 0 radical (unpaired) electrons. The number of anilines is 3. The van der Waals surface area contributed by atoms with Gasteiger partial charge in [0.2, 0.25) is 0 Å². The van der Waals surface area contributed by atoms with Gasteiger partial charge < -0.3 is 4.90 Å². The van der Waals surface area contributed by atoms with Gasteiger partial charge in [0.15, 0.2) is 0 Å². The van der Waals surface area contributed by atoms with Crippen LogP contribution < -0.4 is 4.90 Å². The van der Waals surface area contributed by atoms with Gasteiger partial charge in [-0.05, 0) is 184 Å². The Morgan fingerprint density at radius 2 is 0.892 bits per heavy atom. The van der Waals surface area contributed by atoms with E-state index in [1.807, 2.05) is 0 Å². The highest BCUT2D eigenvalue weighted by atomic mass is 15.1. The summed E-state index contributed by atoms with van der Waals surface area (Å²) in [6.45, 7) is 7.07. The molecule has 0 spiro atoms. The van der Waals surface area contributed by atoms with Crippen LogP contribution in [0.15, 0.2) is 152 Å². The molecule has 0 N–H and O–H groups in total. The third-order valence-electron chi connectivity index (χ3n) is 16.4. The van der Waals surface area contributed by atoms with E-state index in [0.29, 0.717) is 17.8 Å². The summed E-state index contributed by atoms with van der Waals surface area (Å²) in [6.07, 6.45) is 20.3. The Labute approximate surface area is 390 Å². The lowest BCUT2D eigenvalue weighted by molar-refractivity contribution is 0.435. The molecular formula is C64H67N. The number of rotatable bonds is 9. The zero-order chi connectivity index (χ0) is 43.9. The van der Waals surface area contributed by atoms with E-state index in [9.17, 15) is 0 Å². The highest BCUT2D eigenvalue weighted by molar-refractivity contribution is 5.87. The second kappa shape index (κ2) is 18.0. The van der Waals surface area contributed by atoms with Crippen molar-refractivity contribution in [3.63, 3.8) is 0 Å².